The zero-order valence-corrected chi connectivity index (χ0v) is 11.2. The van der Waals surface area contributed by atoms with Crippen LogP contribution < -0.4 is 4.74 Å². The van der Waals surface area contributed by atoms with Crippen LogP contribution in [0.15, 0.2) is 53.4 Å². The predicted octanol–water partition coefficient (Wildman–Crippen LogP) is 3.81. The highest BCUT2D eigenvalue weighted by Crippen LogP contribution is 2.17. The first-order valence-corrected chi connectivity index (χ1v) is 6.98. The Labute approximate surface area is 115 Å². The second kappa shape index (κ2) is 6.38. The topological polar surface area (TPSA) is 26.3 Å². The highest BCUT2D eigenvalue weighted by atomic mass is 32.2. The summed E-state index contributed by atoms with van der Waals surface area (Å²) < 4.78 is 18.5. The van der Waals surface area contributed by atoms with E-state index in [9.17, 15) is 9.18 Å². The van der Waals surface area contributed by atoms with Gasteiger partial charge in [-0.05, 0) is 30.5 Å². The van der Waals surface area contributed by atoms with Gasteiger partial charge in [0.25, 0.3) is 0 Å². The molecule has 0 fully saturated rings. The van der Waals surface area contributed by atoms with Gasteiger partial charge in [-0.1, -0.05) is 24.3 Å². The van der Waals surface area contributed by atoms with Gasteiger partial charge in [-0.3, -0.25) is 4.79 Å². The van der Waals surface area contributed by atoms with Crippen molar-refractivity contribution < 1.29 is 13.9 Å². The van der Waals surface area contributed by atoms with Gasteiger partial charge in [-0.2, -0.15) is 0 Å². The Morgan fingerprint density at radius 3 is 2.47 bits per heavy atom. The molecule has 4 heteroatoms. The monoisotopic (exact) mass is 276 g/mol. The van der Waals surface area contributed by atoms with Gasteiger partial charge in [-0.15, -0.1) is 11.8 Å². The quantitative estimate of drug-likeness (QED) is 0.613. The number of hydrogen-bond acceptors (Lipinski definition) is 3. The molecule has 0 aromatic heterocycles. The molecule has 2 nitrogen and oxygen atoms in total. The fraction of sp³-hybridized carbons (Fsp3) is 0.133. The van der Waals surface area contributed by atoms with Gasteiger partial charge in [0.2, 0.25) is 0 Å². The summed E-state index contributed by atoms with van der Waals surface area (Å²) in [6.45, 7) is -0.167. The summed E-state index contributed by atoms with van der Waals surface area (Å²) in [6, 6.07) is 13.3. The van der Waals surface area contributed by atoms with Crippen molar-refractivity contribution in [1.29, 1.82) is 0 Å². The fourth-order valence-corrected chi connectivity index (χ4v) is 1.97. The van der Waals surface area contributed by atoms with E-state index in [2.05, 4.69) is 0 Å². The first-order valence-electron chi connectivity index (χ1n) is 5.75. The summed E-state index contributed by atoms with van der Waals surface area (Å²) in [5.74, 6) is -0.541. The smallest absolute Gasteiger partial charge is 0.200 e. The van der Waals surface area contributed by atoms with Crippen molar-refractivity contribution in [3.63, 3.8) is 0 Å². The minimum atomic E-state index is -0.465. The van der Waals surface area contributed by atoms with E-state index in [0.717, 1.165) is 4.90 Å². The SMILES string of the molecule is CSc1ccc(C(=O)COc2ccccc2F)cc1. The molecule has 0 amide bonds. The highest BCUT2D eigenvalue weighted by Gasteiger charge is 2.08. The summed E-state index contributed by atoms with van der Waals surface area (Å²) in [7, 11) is 0. The highest BCUT2D eigenvalue weighted by molar-refractivity contribution is 7.98. The van der Waals surface area contributed by atoms with Crippen LogP contribution in [0.2, 0.25) is 0 Å². The molecule has 2 aromatic rings. The summed E-state index contributed by atoms with van der Waals surface area (Å²) in [5, 5.41) is 0. The van der Waals surface area contributed by atoms with Gasteiger partial charge in [0, 0.05) is 10.5 Å². The Balaban J connectivity index is 1.99. The molecule has 2 aromatic carbocycles. The number of hydrogen-bond donors (Lipinski definition) is 0. The van der Waals surface area contributed by atoms with Gasteiger partial charge in [-0.25, -0.2) is 4.39 Å². The van der Waals surface area contributed by atoms with Crippen molar-refractivity contribution in [3.05, 3.63) is 59.9 Å². The minimum Gasteiger partial charge on any atom is -0.482 e. The number of carbonyl (C=O) groups excluding carboxylic acids is 1. The van der Waals surface area contributed by atoms with E-state index in [1.165, 1.54) is 12.1 Å². The number of halogens is 1. The van der Waals surface area contributed by atoms with E-state index in [1.807, 2.05) is 18.4 Å². The first kappa shape index (κ1) is 13.6. The lowest BCUT2D eigenvalue weighted by atomic mass is 10.1. The van der Waals surface area contributed by atoms with E-state index in [-0.39, 0.29) is 18.1 Å². The van der Waals surface area contributed by atoms with E-state index in [4.69, 9.17) is 4.74 Å². The number of benzene rings is 2. The van der Waals surface area contributed by atoms with Crippen LogP contribution >= 0.6 is 11.8 Å². The van der Waals surface area contributed by atoms with Gasteiger partial charge < -0.3 is 4.74 Å². The molecule has 0 saturated carbocycles. The Bertz CT molecular complexity index is 567. The van der Waals surface area contributed by atoms with Crippen LogP contribution in [0.5, 0.6) is 5.75 Å². The number of carbonyl (C=O) groups is 1. The Morgan fingerprint density at radius 2 is 1.84 bits per heavy atom. The van der Waals surface area contributed by atoms with E-state index < -0.39 is 5.82 Å². The molecule has 0 aliphatic carbocycles. The number of thioether (sulfide) groups is 1. The van der Waals surface area contributed by atoms with Crippen molar-refractivity contribution >= 4 is 17.5 Å². The molecule has 0 saturated heterocycles. The minimum absolute atomic E-state index is 0.0941. The standard InChI is InChI=1S/C15H13FO2S/c1-19-12-8-6-11(7-9-12)14(17)10-18-15-5-3-2-4-13(15)16/h2-9H,10H2,1H3. The predicted molar refractivity (Wildman–Crippen MR) is 74.4 cm³/mol. The van der Waals surface area contributed by atoms with Crippen molar-refractivity contribution in [2.75, 3.05) is 12.9 Å². The molecule has 0 spiro atoms. The Morgan fingerprint density at radius 1 is 1.16 bits per heavy atom. The largest absolute Gasteiger partial charge is 0.482 e. The van der Waals surface area contributed by atoms with Gasteiger partial charge in [0.1, 0.15) is 0 Å². The maximum Gasteiger partial charge on any atom is 0.200 e. The average Bonchev–Trinajstić information content (AvgIpc) is 2.46. The van der Waals surface area contributed by atoms with Crippen LogP contribution in [0.3, 0.4) is 0 Å². The second-order valence-electron chi connectivity index (χ2n) is 3.87. The molecule has 0 radical (unpaired) electrons. The van der Waals surface area contributed by atoms with E-state index in [1.54, 1.807) is 36.0 Å². The van der Waals surface area contributed by atoms with E-state index in [0.29, 0.717) is 5.56 Å². The van der Waals surface area contributed by atoms with Crippen molar-refractivity contribution in [1.82, 2.24) is 0 Å². The molecule has 19 heavy (non-hydrogen) atoms. The van der Waals surface area contributed by atoms with Crippen LogP contribution in [0.4, 0.5) is 4.39 Å². The third kappa shape index (κ3) is 3.58. The lowest BCUT2D eigenvalue weighted by Crippen LogP contribution is -2.12. The molecule has 0 aliphatic heterocycles. The van der Waals surface area contributed by atoms with Crippen LogP contribution in [0.1, 0.15) is 10.4 Å². The average molecular weight is 276 g/mol. The first-order chi connectivity index (χ1) is 9.20. The zero-order chi connectivity index (χ0) is 13.7. The lowest BCUT2D eigenvalue weighted by Gasteiger charge is -2.06. The van der Waals surface area contributed by atoms with Crippen LogP contribution in [-0.4, -0.2) is 18.6 Å². The molecular weight excluding hydrogens is 263 g/mol. The number of rotatable bonds is 5. The molecule has 0 heterocycles. The Kier molecular flexibility index (Phi) is 4.58. The molecule has 0 aliphatic rings. The summed E-state index contributed by atoms with van der Waals surface area (Å²) >= 11 is 1.61. The number of para-hydroxylation sites is 1. The fourth-order valence-electron chi connectivity index (χ4n) is 1.57. The molecular formula is C15H13FO2S. The lowest BCUT2D eigenvalue weighted by molar-refractivity contribution is 0.0918. The van der Waals surface area contributed by atoms with Crippen molar-refractivity contribution in [2.45, 2.75) is 4.90 Å². The van der Waals surface area contributed by atoms with Gasteiger partial charge in [0.05, 0.1) is 0 Å². The molecule has 0 N–H and O–H groups in total. The number of Topliss-reactive ketones (excluding diaryl/α,β-unsaturated/α-hetero) is 1. The van der Waals surface area contributed by atoms with Gasteiger partial charge in [0.15, 0.2) is 24.0 Å². The molecule has 98 valence electrons. The van der Waals surface area contributed by atoms with E-state index >= 15 is 0 Å². The van der Waals surface area contributed by atoms with Crippen LogP contribution in [0, 0.1) is 5.82 Å². The summed E-state index contributed by atoms with van der Waals surface area (Å²) in [4.78, 5) is 13.0. The maximum atomic E-state index is 13.3. The van der Waals surface area contributed by atoms with Gasteiger partial charge >= 0.3 is 0 Å². The molecule has 0 atom stereocenters. The summed E-state index contributed by atoms with van der Waals surface area (Å²) in [6.07, 6.45) is 1.97. The Hall–Kier alpha value is -1.81. The third-order valence-electron chi connectivity index (χ3n) is 2.61. The number of ketones is 1. The van der Waals surface area contributed by atoms with Crippen LogP contribution in [0.25, 0.3) is 0 Å². The normalized spacial score (nSPS) is 10.2. The van der Waals surface area contributed by atoms with Crippen molar-refractivity contribution in [3.8, 4) is 5.75 Å². The molecule has 0 unspecified atom stereocenters. The second-order valence-corrected chi connectivity index (χ2v) is 4.75. The van der Waals surface area contributed by atoms with Crippen molar-refractivity contribution in [2.24, 2.45) is 0 Å². The third-order valence-corrected chi connectivity index (χ3v) is 3.35. The molecule has 0 bridgehead atoms. The molecule has 2 rings (SSSR count). The summed E-state index contributed by atoms with van der Waals surface area (Å²) in [5.41, 5.74) is 0.564. The van der Waals surface area contributed by atoms with Crippen LogP contribution in [-0.2, 0) is 0 Å². The number of ether oxygens (including phenoxy) is 1. The zero-order valence-electron chi connectivity index (χ0n) is 10.4. The maximum absolute atomic E-state index is 13.3.